The van der Waals surface area contributed by atoms with E-state index in [0.717, 1.165) is 38.5 Å². The summed E-state index contributed by atoms with van der Waals surface area (Å²) in [6.45, 7) is 0.969. The van der Waals surface area contributed by atoms with E-state index in [0.29, 0.717) is 18.4 Å². The van der Waals surface area contributed by atoms with E-state index in [1.807, 2.05) is 0 Å². The van der Waals surface area contributed by atoms with Gasteiger partial charge >= 0.3 is 0 Å². The monoisotopic (exact) mass is 268 g/mol. The van der Waals surface area contributed by atoms with E-state index in [2.05, 4.69) is 5.32 Å². The number of rotatable bonds is 4. The van der Waals surface area contributed by atoms with Crippen LogP contribution < -0.4 is 11.1 Å². The fourth-order valence-electron chi connectivity index (χ4n) is 3.64. The Kier molecular flexibility index (Phi) is 5.64. The fraction of sp³-hybridized carbons (Fsp3) is 0.933. The Morgan fingerprint density at radius 2 is 1.68 bits per heavy atom. The second-order valence-electron chi connectivity index (χ2n) is 6.29. The lowest BCUT2D eigenvalue weighted by atomic mass is 9.79. The molecule has 4 N–H and O–H groups in total. The van der Waals surface area contributed by atoms with Crippen molar-refractivity contribution in [3.8, 4) is 0 Å². The van der Waals surface area contributed by atoms with Crippen molar-refractivity contribution in [3.05, 3.63) is 0 Å². The van der Waals surface area contributed by atoms with Gasteiger partial charge in [0.1, 0.15) is 0 Å². The van der Waals surface area contributed by atoms with E-state index >= 15 is 0 Å². The molecule has 0 radical (unpaired) electrons. The second-order valence-corrected chi connectivity index (χ2v) is 6.29. The highest BCUT2D eigenvalue weighted by Gasteiger charge is 2.30. The summed E-state index contributed by atoms with van der Waals surface area (Å²) in [6, 6.07) is 0.0359. The van der Waals surface area contributed by atoms with E-state index in [1.165, 1.54) is 12.8 Å². The van der Waals surface area contributed by atoms with Crippen LogP contribution in [0.2, 0.25) is 0 Å². The van der Waals surface area contributed by atoms with Gasteiger partial charge in [-0.2, -0.15) is 0 Å². The van der Waals surface area contributed by atoms with Gasteiger partial charge in [0.25, 0.3) is 0 Å². The van der Waals surface area contributed by atoms with Crippen LogP contribution in [0.5, 0.6) is 0 Å². The summed E-state index contributed by atoms with van der Waals surface area (Å²) in [5.74, 6) is 0.955. The summed E-state index contributed by atoms with van der Waals surface area (Å²) in [7, 11) is 0. The Labute approximate surface area is 116 Å². The Morgan fingerprint density at radius 1 is 1.05 bits per heavy atom. The molecule has 2 saturated carbocycles. The minimum atomic E-state index is 0.00455. The lowest BCUT2D eigenvalue weighted by molar-refractivity contribution is -0.126. The molecule has 2 rings (SSSR count). The number of carbonyl (C=O) groups is 1. The molecule has 0 aliphatic heterocycles. The van der Waals surface area contributed by atoms with Crippen LogP contribution in [0.1, 0.15) is 51.4 Å². The molecule has 110 valence electrons. The normalized spacial score (nSPS) is 35.9. The number of amides is 1. The van der Waals surface area contributed by atoms with E-state index in [4.69, 9.17) is 5.73 Å². The maximum Gasteiger partial charge on any atom is 0.224 e. The number of hydrogen-bond donors (Lipinski definition) is 3. The van der Waals surface area contributed by atoms with Gasteiger partial charge < -0.3 is 16.2 Å². The molecule has 0 aromatic rings. The third-order valence-electron chi connectivity index (χ3n) is 5.00. The van der Waals surface area contributed by atoms with E-state index in [9.17, 15) is 9.90 Å². The molecular weight excluding hydrogens is 240 g/mol. The van der Waals surface area contributed by atoms with Crippen LogP contribution in [-0.2, 0) is 4.79 Å². The van der Waals surface area contributed by atoms with Crippen molar-refractivity contribution in [2.75, 3.05) is 13.2 Å². The summed E-state index contributed by atoms with van der Waals surface area (Å²) < 4.78 is 0. The maximum absolute atomic E-state index is 12.2. The minimum absolute atomic E-state index is 0.00455. The van der Waals surface area contributed by atoms with Crippen LogP contribution in [0.4, 0.5) is 0 Å². The Balaban J connectivity index is 1.78. The van der Waals surface area contributed by atoms with Gasteiger partial charge in [0.15, 0.2) is 0 Å². The molecule has 19 heavy (non-hydrogen) atoms. The molecule has 4 unspecified atom stereocenters. The van der Waals surface area contributed by atoms with Gasteiger partial charge in [0.2, 0.25) is 5.91 Å². The summed E-state index contributed by atoms with van der Waals surface area (Å²) in [6.07, 6.45) is 8.84. The average molecular weight is 268 g/mol. The molecule has 4 heteroatoms. The van der Waals surface area contributed by atoms with Gasteiger partial charge in [-0.15, -0.1) is 0 Å². The zero-order chi connectivity index (χ0) is 13.7. The van der Waals surface area contributed by atoms with Crippen LogP contribution in [-0.4, -0.2) is 30.2 Å². The predicted molar refractivity (Wildman–Crippen MR) is 75.5 cm³/mol. The molecule has 0 bridgehead atoms. The quantitative estimate of drug-likeness (QED) is 0.722. The molecule has 1 amide bonds. The largest absolute Gasteiger partial charge is 0.396 e. The molecule has 0 aromatic heterocycles. The third-order valence-corrected chi connectivity index (χ3v) is 5.00. The first-order valence-electron chi connectivity index (χ1n) is 7.86. The van der Waals surface area contributed by atoms with Crippen molar-refractivity contribution in [1.29, 1.82) is 0 Å². The second kappa shape index (κ2) is 7.25. The number of nitrogens with one attached hydrogen (secondary N) is 1. The molecule has 2 fully saturated rings. The molecule has 0 aromatic carbocycles. The number of aliphatic hydroxyl groups excluding tert-OH is 1. The van der Waals surface area contributed by atoms with Crippen LogP contribution in [0.3, 0.4) is 0 Å². The fourth-order valence-corrected chi connectivity index (χ4v) is 3.64. The predicted octanol–water partition coefficient (Wildman–Crippen LogP) is 1.42. The lowest BCUT2D eigenvalue weighted by Gasteiger charge is -2.32. The third kappa shape index (κ3) is 3.93. The van der Waals surface area contributed by atoms with Crippen molar-refractivity contribution in [2.24, 2.45) is 23.5 Å². The Hall–Kier alpha value is -0.610. The first-order chi connectivity index (χ1) is 9.22. The SMILES string of the molecule is NC1CCCCC1C(=O)NCC1CCCCC1CO. The molecule has 4 nitrogen and oxygen atoms in total. The lowest BCUT2D eigenvalue weighted by Crippen LogP contribution is -2.45. The molecule has 0 spiro atoms. The smallest absolute Gasteiger partial charge is 0.224 e. The van der Waals surface area contributed by atoms with E-state index < -0.39 is 0 Å². The number of aliphatic hydroxyl groups is 1. The first kappa shape index (κ1) is 14.8. The van der Waals surface area contributed by atoms with Crippen LogP contribution >= 0.6 is 0 Å². The summed E-state index contributed by atoms with van der Waals surface area (Å²) >= 11 is 0. The van der Waals surface area contributed by atoms with Gasteiger partial charge in [-0.1, -0.05) is 25.7 Å². The number of nitrogens with two attached hydrogens (primary N) is 1. The van der Waals surface area contributed by atoms with Crippen molar-refractivity contribution in [2.45, 2.75) is 57.4 Å². The van der Waals surface area contributed by atoms with Crippen molar-refractivity contribution < 1.29 is 9.90 Å². The molecular formula is C15H28N2O2. The van der Waals surface area contributed by atoms with Crippen molar-refractivity contribution >= 4 is 5.91 Å². The summed E-state index contributed by atoms with van der Waals surface area (Å²) in [4.78, 5) is 12.2. The maximum atomic E-state index is 12.2. The molecule has 2 aliphatic carbocycles. The molecule has 0 heterocycles. The topological polar surface area (TPSA) is 75.4 Å². The Morgan fingerprint density at radius 3 is 2.37 bits per heavy atom. The van der Waals surface area contributed by atoms with Crippen molar-refractivity contribution in [3.63, 3.8) is 0 Å². The highest BCUT2D eigenvalue weighted by atomic mass is 16.3. The van der Waals surface area contributed by atoms with Crippen LogP contribution in [0.25, 0.3) is 0 Å². The molecule has 0 saturated heterocycles. The highest BCUT2D eigenvalue weighted by Crippen LogP contribution is 2.29. The van der Waals surface area contributed by atoms with Gasteiger partial charge in [-0.3, -0.25) is 4.79 Å². The standard InChI is InChI=1S/C15H28N2O2/c16-14-8-4-3-7-13(14)15(19)17-9-11-5-1-2-6-12(11)10-18/h11-14,18H,1-10,16H2,(H,17,19). The first-order valence-corrected chi connectivity index (χ1v) is 7.86. The number of hydrogen-bond acceptors (Lipinski definition) is 3. The number of carbonyl (C=O) groups excluding carboxylic acids is 1. The zero-order valence-electron chi connectivity index (χ0n) is 11.8. The van der Waals surface area contributed by atoms with E-state index in [1.54, 1.807) is 0 Å². The highest BCUT2D eigenvalue weighted by molar-refractivity contribution is 5.79. The van der Waals surface area contributed by atoms with Crippen molar-refractivity contribution in [1.82, 2.24) is 5.32 Å². The zero-order valence-corrected chi connectivity index (χ0v) is 11.8. The van der Waals surface area contributed by atoms with Crippen LogP contribution in [0.15, 0.2) is 0 Å². The summed E-state index contributed by atoms with van der Waals surface area (Å²) in [5, 5.41) is 12.5. The Bertz CT molecular complexity index is 296. The minimum Gasteiger partial charge on any atom is -0.396 e. The molecule has 4 atom stereocenters. The van der Waals surface area contributed by atoms with Crippen LogP contribution in [0, 0.1) is 17.8 Å². The van der Waals surface area contributed by atoms with E-state index in [-0.39, 0.29) is 24.5 Å². The molecule has 2 aliphatic rings. The average Bonchev–Trinajstić information content (AvgIpc) is 2.45. The van der Waals surface area contributed by atoms with Gasteiger partial charge in [0, 0.05) is 19.2 Å². The summed E-state index contributed by atoms with van der Waals surface area (Å²) in [5.41, 5.74) is 6.04. The van der Waals surface area contributed by atoms with Gasteiger partial charge in [-0.05, 0) is 37.5 Å². The van der Waals surface area contributed by atoms with Gasteiger partial charge in [-0.25, -0.2) is 0 Å². The van der Waals surface area contributed by atoms with Gasteiger partial charge in [0.05, 0.1) is 5.92 Å².